The lowest BCUT2D eigenvalue weighted by Crippen LogP contribution is -2.48. The van der Waals surface area contributed by atoms with Crippen LogP contribution in [0.4, 0.5) is 0 Å². The highest BCUT2D eigenvalue weighted by Gasteiger charge is 2.40. The first-order valence-corrected chi connectivity index (χ1v) is 7.58. The molecule has 107 valence electrons. The Morgan fingerprint density at radius 1 is 1.21 bits per heavy atom. The Morgan fingerprint density at radius 3 is 2.47 bits per heavy atom. The van der Waals surface area contributed by atoms with E-state index in [0.29, 0.717) is 5.82 Å². The molecule has 2 nitrogen and oxygen atoms in total. The molecule has 2 aliphatic rings. The van der Waals surface area contributed by atoms with Crippen LogP contribution in [0.5, 0.6) is 0 Å². The zero-order valence-corrected chi connectivity index (χ0v) is 13.1. The van der Waals surface area contributed by atoms with Crippen LogP contribution in [0.1, 0.15) is 60.3 Å². The van der Waals surface area contributed by atoms with Gasteiger partial charge in [-0.25, -0.2) is 0 Å². The zero-order valence-electron chi connectivity index (χ0n) is 13.1. The number of hydrogen-bond acceptors (Lipinski definition) is 2. The maximum absolute atomic E-state index is 10.1. The second kappa shape index (κ2) is 5.25. The quantitative estimate of drug-likeness (QED) is 0.618. The molecule has 1 fully saturated rings. The highest BCUT2D eigenvalue weighted by atomic mass is 16.5. The number of hydrogen-bond donors (Lipinski definition) is 1. The van der Waals surface area contributed by atoms with Crippen molar-refractivity contribution in [1.29, 1.82) is 0 Å². The summed E-state index contributed by atoms with van der Waals surface area (Å²) in [4.78, 5) is 0. The van der Waals surface area contributed by atoms with Crippen LogP contribution in [0.15, 0.2) is 11.6 Å². The highest BCUT2D eigenvalue weighted by Crippen LogP contribution is 2.47. The molecule has 0 aromatic rings. The monoisotopic (exact) mass is 263 g/mol. The molecule has 0 spiro atoms. The minimum Gasteiger partial charge on any atom is -0.433 e. The Hall–Kier alpha value is -0.275. The first-order valence-electron chi connectivity index (χ1n) is 7.58. The van der Waals surface area contributed by atoms with E-state index in [-0.39, 0.29) is 0 Å². The molecule has 1 radical (unpaired) electrons. The molecule has 0 heterocycles. The Bertz CT molecular complexity index is 354. The molecule has 0 aromatic heterocycles. The summed E-state index contributed by atoms with van der Waals surface area (Å²) in [7, 11) is 2.01. The van der Waals surface area contributed by atoms with E-state index in [0.717, 1.165) is 11.8 Å². The summed E-state index contributed by atoms with van der Waals surface area (Å²) in [6.07, 6.45) is 7.42. The summed E-state index contributed by atoms with van der Waals surface area (Å²) >= 11 is 0. The van der Waals surface area contributed by atoms with E-state index in [1.54, 1.807) is 5.57 Å². The first kappa shape index (κ1) is 15.1. The Labute approximate surface area is 118 Å². The lowest BCUT2D eigenvalue weighted by atomic mass is 9.75. The molecule has 19 heavy (non-hydrogen) atoms. The van der Waals surface area contributed by atoms with Gasteiger partial charge in [0.1, 0.15) is 0 Å². The van der Waals surface area contributed by atoms with Crippen molar-refractivity contribution in [2.24, 2.45) is 11.8 Å². The van der Waals surface area contributed by atoms with Gasteiger partial charge in [0.2, 0.25) is 0 Å². The van der Waals surface area contributed by atoms with Gasteiger partial charge >= 0.3 is 0 Å². The van der Waals surface area contributed by atoms with E-state index in [4.69, 9.17) is 4.65 Å². The van der Waals surface area contributed by atoms with Crippen molar-refractivity contribution in [1.82, 2.24) is 0 Å². The fraction of sp³-hybridized carbons (Fsp3) is 0.875. The third kappa shape index (κ3) is 3.43. The molecule has 0 amide bonds. The molecule has 3 heteroatoms. The summed E-state index contributed by atoms with van der Waals surface area (Å²) < 4.78 is 5.92. The van der Waals surface area contributed by atoms with E-state index in [1.165, 1.54) is 25.7 Å². The van der Waals surface area contributed by atoms with Gasteiger partial charge in [-0.3, -0.25) is 0 Å². The molecule has 0 bridgehead atoms. The van der Waals surface area contributed by atoms with Crippen molar-refractivity contribution in [2.45, 2.75) is 77.3 Å². The minimum absolute atomic E-state index is 0.533. The fourth-order valence-electron chi connectivity index (χ4n) is 3.17. The highest BCUT2D eigenvalue weighted by molar-refractivity contribution is 6.29. The SMILES string of the molecule is CC1=CCC2CC([B]OC(C)(C)C(C)(C)O)CC2C1. The average Bonchev–Trinajstić information content (AvgIpc) is 2.67. The van der Waals surface area contributed by atoms with E-state index in [2.05, 4.69) is 13.0 Å². The van der Waals surface area contributed by atoms with Gasteiger partial charge in [-0.05, 0) is 65.1 Å². The number of rotatable bonds is 4. The molecule has 3 unspecified atom stereocenters. The molecule has 0 saturated heterocycles. The van der Waals surface area contributed by atoms with Crippen LogP contribution < -0.4 is 0 Å². The second-order valence-electron chi connectivity index (χ2n) is 7.57. The molecule has 0 aromatic carbocycles. The first-order chi connectivity index (χ1) is 8.69. The van der Waals surface area contributed by atoms with Gasteiger partial charge in [0, 0.05) is 0 Å². The summed E-state index contributed by atoms with van der Waals surface area (Å²) in [6.45, 7) is 9.78. The van der Waals surface area contributed by atoms with Gasteiger partial charge in [0.25, 0.3) is 7.48 Å². The Balaban J connectivity index is 1.84. The lowest BCUT2D eigenvalue weighted by molar-refractivity contribution is -0.0910. The van der Waals surface area contributed by atoms with Crippen LogP contribution in [0.2, 0.25) is 5.82 Å². The summed E-state index contributed by atoms with van der Waals surface area (Å²) in [5.41, 5.74) is 0.196. The van der Waals surface area contributed by atoms with Crippen molar-refractivity contribution < 1.29 is 9.76 Å². The van der Waals surface area contributed by atoms with Crippen LogP contribution in [-0.2, 0) is 4.65 Å². The van der Waals surface area contributed by atoms with Gasteiger partial charge in [0.05, 0.1) is 11.2 Å². The maximum atomic E-state index is 10.1. The predicted octanol–water partition coefficient (Wildman–Crippen LogP) is 3.73. The number of fused-ring (bicyclic) bond motifs is 1. The molecular weight excluding hydrogens is 235 g/mol. The Morgan fingerprint density at radius 2 is 1.84 bits per heavy atom. The van der Waals surface area contributed by atoms with Crippen LogP contribution in [0, 0.1) is 11.8 Å². The normalized spacial score (nSPS) is 31.9. The van der Waals surface area contributed by atoms with Crippen molar-refractivity contribution >= 4 is 7.48 Å². The second-order valence-corrected chi connectivity index (χ2v) is 7.57. The molecule has 1 saturated carbocycles. The predicted molar refractivity (Wildman–Crippen MR) is 80.2 cm³/mol. The Kier molecular flexibility index (Phi) is 4.18. The number of allylic oxidation sites excluding steroid dienone is 2. The molecule has 1 N–H and O–H groups in total. The molecule has 3 atom stereocenters. The third-order valence-corrected chi connectivity index (χ3v) is 5.26. The van der Waals surface area contributed by atoms with Crippen molar-refractivity contribution in [3.63, 3.8) is 0 Å². The third-order valence-electron chi connectivity index (χ3n) is 5.26. The molecule has 2 rings (SSSR count). The summed E-state index contributed by atoms with van der Waals surface area (Å²) in [6, 6.07) is 0. The van der Waals surface area contributed by atoms with Crippen LogP contribution in [-0.4, -0.2) is 23.8 Å². The van der Waals surface area contributed by atoms with Crippen LogP contribution >= 0.6 is 0 Å². The van der Waals surface area contributed by atoms with Crippen molar-refractivity contribution in [2.75, 3.05) is 0 Å². The molecular formula is C16H28BO2. The van der Waals surface area contributed by atoms with E-state index in [9.17, 15) is 5.11 Å². The van der Waals surface area contributed by atoms with Crippen molar-refractivity contribution in [3.05, 3.63) is 11.6 Å². The van der Waals surface area contributed by atoms with E-state index >= 15 is 0 Å². The lowest BCUT2D eigenvalue weighted by Gasteiger charge is -2.38. The van der Waals surface area contributed by atoms with Gasteiger partial charge < -0.3 is 9.76 Å². The minimum atomic E-state index is -0.826. The van der Waals surface area contributed by atoms with E-state index < -0.39 is 11.2 Å². The number of aliphatic hydroxyl groups is 1. The van der Waals surface area contributed by atoms with Gasteiger partial charge in [-0.2, -0.15) is 0 Å². The summed E-state index contributed by atoms with van der Waals surface area (Å²) in [5, 5.41) is 10.1. The standard InChI is InChI=1S/C16H28BO2/c1-11-6-7-12-9-14(10-13(12)8-11)17-19-16(4,5)15(2,3)18/h6,12-14,18H,7-10H2,1-5H3. The largest absolute Gasteiger partial charge is 0.433 e. The van der Waals surface area contributed by atoms with Gasteiger partial charge in [-0.1, -0.05) is 24.5 Å². The topological polar surface area (TPSA) is 29.5 Å². The van der Waals surface area contributed by atoms with Gasteiger partial charge in [-0.15, -0.1) is 0 Å². The maximum Gasteiger partial charge on any atom is 0.296 e. The van der Waals surface area contributed by atoms with Gasteiger partial charge in [0.15, 0.2) is 0 Å². The summed E-state index contributed by atoms with van der Waals surface area (Å²) in [5.74, 6) is 2.25. The van der Waals surface area contributed by atoms with Crippen LogP contribution in [0.25, 0.3) is 0 Å². The van der Waals surface area contributed by atoms with E-state index in [1.807, 2.05) is 35.2 Å². The average molecular weight is 263 g/mol. The molecule has 0 aliphatic heterocycles. The van der Waals surface area contributed by atoms with Crippen molar-refractivity contribution in [3.8, 4) is 0 Å². The van der Waals surface area contributed by atoms with Crippen LogP contribution in [0.3, 0.4) is 0 Å². The molecule has 2 aliphatic carbocycles. The fourth-order valence-corrected chi connectivity index (χ4v) is 3.17. The zero-order chi connectivity index (χ0) is 14.3. The smallest absolute Gasteiger partial charge is 0.296 e.